The standard InChI is InChI=1S/C23H28N2O3/c26-22(18-24-14-8-7-13-21(24)23-27-15-16-28-23)25(20-11-5-2-6-12-20)17-19-9-3-1-4-10-19/h1-6,9-12,21,23H,7-8,13-18H2. The number of rotatable bonds is 6. The number of benzene rings is 2. The molecule has 0 bridgehead atoms. The van der Waals surface area contributed by atoms with E-state index in [4.69, 9.17) is 9.47 Å². The summed E-state index contributed by atoms with van der Waals surface area (Å²) in [6, 6.07) is 20.2. The van der Waals surface area contributed by atoms with Gasteiger partial charge in [-0.2, -0.15) is 0 Å². The number of amides is 1. The first-order valence-corrected chi connectivity index (χ1v) is 10.2. The first-order chi connectivity index (χ1) is 13.8. The zero-order valence-electron chi connectivity index (χ0n) is 16.2. The highest BCUT2D eigenvalue weighted by molar-refractivity contribution is 5.94. The first-order valence-electron chi connectivity index (χ1n) is 10.2. The summed E-state index contributed by atoms with van der Waals surface area (Å²) in [7, 11) is 0. The maximum atomic E-state index is 13.4. The van der Waals surface area contributed by atoms with Crippen molar-refractivity contribution in [1.29, 1.82) is 0 Å². The van der Waals surface area contributed by atoms with Gasteiger partial charge in [0, 0.05) is 5.69 Å². The summed E-state index contributed by atoms with van der Waals surface area (Å²) in [6.45, 7) is 3.15. The van der Waals surface area contributed by atoms with Crippen molar-refractivity contribution in [2.75, 3.05) is 31.2 Å². The second kappa shape index (κ2) is 9.32. The van der Waals surface area contributed by atoms with Crippen LogP contribution in [0.5, 0.6) is 0 Å². The van der Waals surface area contributed by atoms with Gasteiger partial charge in [-0.05, 0) is 37.1 Å². The van der Waals surface area contributed by atoms with Crippen LogP contribution in [0.4, 0.5) is 5.69 Å². The van der Waals surface area contributed by atoms with Crippen LogP contribution in [0.2, 0.25) is 0 Å². The van der Waals surface area contributed by atoms with E-state index in [0.29, 0.717) is 26.3 Å². The van der Waals surface area contributed by atoms with Gasteiger partial charge in [0.05, 0.1) is 32.3 Å². The van der Waals surface area contributed by atoms with Gasteiger partial charge >= 0.3 is 0 Å². The van der Waals surface area contributed by atoms with Crippen molar-refractivity contribution in [3.63, 3.8) is 0 Å². The van der Waals surface area contributed by atoms with Crippen LogP contribution in [0.3, 0.4) is 0 Å². The Morgan fingerprint density at radius 2 is 1.64 bits per heavy atom. The summed E-state index contributed by atoms with van der Waals surface area (Å²) in [5.74, 6) is 0.111. The van der Waals surface area contributed by atoms with Crippen LogP contribution >= 0.6 is 0 Å². The minimum absolute atomic E-state index is 0.111. The largest absolute Gasteiger partial charge is 0.349 e. The fourth-order valence-corrected chi connectivity index (χ4v) is 4.08. The molecule has 4 rings (SSSR count). The molecule has 0 spiro atoms. The molecule has 0 saturated carbocycles. The molecule has 148 valence electrons. The first kappa shape index (κ1) is 19.1. The molecule has 1 unspecified atom stereocenters. The van der Waals surface area contributed by atoms with Crippen LogP contribution in [0.25, 0.3) is 0 Å². The van der Waals surface area contributed by atoms with E-state index in [1.807, 2.05) is 53.4 Å². The average Bonchev–Trinajstić information content (AvgIpc) is 3.28. The number of piperidine rings is 1. The van der Waals surface area contributed by atoms with Gasteiger partial charge < -0.3 is 14.4 Å². The number of nitrogens with zero attached hydrogens (tertiary/aromatic N) is 2. The molecule has 1 atom stereocenters. The molecular formula is C23H28N2O3. The summed E-state index contributed by atoms with van der Waals surface area (Å²) >= 11 is 0. The molecule has 1 amide bonds. The van der Waals surface area contributed by atoms with Gasteiger partial charge in [0.15, 0.2) is 6.29 Å². The Labute approximate surface area is 166 Å². The van der Waals surface area contributed by atoms with E-state index < -0.39 is 0 Å². The predicted octanol–water partition coefficient (Wildman–Crippen LogP) is 3.45. The molecule has 0 N–H and O–H groups in total. The molecule has 2 heterocycles. The SMILES string of the molecule is O=C(CN1CCCCC1C1OCCO1)N(Cc1ccccc1)c1ccccc1. The minimum Gasteiger partial charge on any atom is -0.349 e. The Hall–Kier alpha value is -2.21. The Bertz CT molecular complexity index is 747. The number of carbonyl (C=O) groups excluding carboxylic acids is 1. The number of ether oxygens (including phenoxy) is 2. The van der Waals surface area contributed by atoms with E-state index >= 15 is 0 Å². The topological polar surface area (TPSA) is 42.0 Å². The molecule has 2 aromatic carbocycles. The summed E-state index contributed by atoms with van der Waals surface area (Å²) in [5, 5.41) is 0. The summed E-state index contributed by atoms with van der Waals surface area (Å²) in [6.07, 6.45) is 3.08. The minimum atomic E-state index is -0.201. The molecule has 2 aromatic rings. The zero-order chi connectivity index (χ0) is 19.2. The van der Waals surface area contributed by atoms with Gasteiger partial charge in [-0.25, -0.2) is 0 Å². The molecule has 2 saturated heterocycles. The van der Waals surface area contributed by atoms with Crippen molar-refractivity contribution >= 4 is 11.6 Å². The normalized spacial score (nSPS) is 20.9. The van der Waals surface area contributed by atoms with Crippen LogP contribution in [-0.2, 0) is 20.8 Å². The lowest BCUT2D eigenvalue weighted by Gasteiger charge is -2.38. The molecular weight excluding hydrogens is 352 g/mol. The Kier molecular flexibility index (Phi) is 6.37. The average molecular weight is 380 g/mol. The molecule has 0 aliphatic carbocycles. The van der Waals surface area contributed by atoms with Crippen LogP contribution < -0.4 is 4.90 Å². The van der Waals surface area contributed by atoms with E-state index in [9.17, 15) is 4.79 Å². The summed E-state index contributed by atoms with van der Waals surface area (Å²) in [5.41, 5.74) is 2.05. The van der Waals surface area contributed by atoms with Gasteiger partial charge in [-0.15, -0.1) is 0 Å². The third-order valence-electron chi connectivity index (χ3n) is 5.52. The molecule has 28 heavy (non-hydrogen) atoms. The van der Waals surface area contributed by atoms with Gasteiger partial charge in [0.1, 0.15) is 0 Å². The fourth-order valence-electron chi connectivity index (χ4n) is 4.08. The highest BCUT2D eigenvalue weighted by Crippen LogP contribution is 2.25. The van der Waals surface area contributed by atoms with E-state index in [0.717, 1.165) is 37.1 Å². The van der Waals surface area contributed by atoms with Crippen LogP contribution in [0.15, 0.2) is 60.7 Å². The van der Waals surface area contributed by atoms with Crippen molar-refractivity contribution < 1.29 is 14.3 Å². The van der Waals surface area contributed by atoms with Crippen LogP contribution in [0, 0.1) is 0 Å². The molecule has 0 aromatic heterocycles. The maximum Gasteiger partial charge on any atom is 0.241 e. The number of carbonyl (C=O) groups is 1. The van der Waals surface area contributed by atoms with Crippen LogP contribution in [-0.4, -0.2) is 49.4 Å². The van der Waals surface area contributed by atoms with Gasteiger partial charge in [-0.1, -0.05) is 55.0 Å². The molecule has 2 fully saturated rings. The predicted molar refractivity (Wildman–Crippen MR) is 109 cm³/mol. The summed E-state index contributed by atoms with van der Waals surface area (Å²) < 4.78 is 11.5. The fraction of sp³-hybridized carbons (Fsp3) is 0.435. The lowest BCUT2D eigenvalue weighted by atomic mass is 10.0. The molecule has 2 aliphatic heterocycles. The highest BCUT2D eigenvalue weighted by atomic mass is 16.7. The smallest absolute Gasteiger partial charge is 0.241 e. The quantitative estimate of drug-likeness (QED) is 0.770. The van der Waals surface area contributed by atoms with Gasteiger partial charge in [0.25, 0.3) is 0 Å². The number of para-hydroxylation sites is 1. The lowest BCUT2D eigenvalue weighted by Crippen LogP contribution is -2.51. The summed E-state index contributed by atoms with van der Waals surface area (Å²) in [4.78, 5) is 17.5. The Morgan fingerprint density at radius 1 is 0.964 bits per heavy atom. The monoisotopic (exact) mass is 380 g/mol. The number of hydrogen-bond acceptors (Lipinski definition) is 4. The van der Waals surface area contributed by atoms with Crippen LogP contribution in [0.1, 0.15) is 24.8 Å². The van der Waals surface area contributed by atoms with E-state index in [1.54, 1.807) is 0 Å². The number of likely N-dealkylation sites (tertiary alicyclic amines) is 1. The number of anilines is 1. The van der Waals surface area contributed by atoms with E-state index in [2.05, 4.69) is 17.0 Å². The van der Waals surface area contributed by atoms with Crippen molar-refractivity contribution in [1.82, 2.24) is 4.90 Å². The zero-order valence-corrected chi connectivity index (χ0v) is 16.2. The third-order valence-corrected chi connectivity index (χ3v) is 5.52. The maximum absolute atomic E-state index is 13.4. The Morgan fingerprint density at radius 3 is 2.36 bits per heavy atom. The molecule has 5 heteroatoms. The molecule has 0 radical (unpaired) electrons. The lowest BCUT2D eigenvalue weighted by molar-refractivity contribution is -0.129. The van der Waals surface area contributed by atoms with E-state index in [-0.39, 0.29) is 18.2 Å². The van der Waals surface area contributed by atoms with Gasteiger partial charge in [0.2, 0.25) is 5.91 Å². The van der Waals surface area contributed by atoms with Gasteiger partial charge in [-0.3, -0.25) is 9.69 Å². The third kappa shape index (κ3) is 4.61. The van der Waals surface area contributed by atoms with Crippen molar-refractivity contribution in [3.8, 4) is 0 Å². The van der Waals surface area contributed by atoms with Crippen molar-refractivity contribution in [2.24, 2.45) is 0 Å². The van der Waals surface area contributed by atoms with Crippen molar-refractivity contribution in [2.45, 2.75) is 38.1 Å². The number of hydrogen-bond donors (Lipinski definition) is 0. The van der Waals surface area contributed by atoms with E-state index in [1.165, 1.54) is 0 Å². The molecule has 2 aliphatic rings. The Balaban J connectivity index is 1.51. The second-order valence-corrected chi connectivity index (χ2v) is 7.44. The van der Waals surface area contributed by atoms with Crippen molar-refractivity contribution in [3.05, 3.63) is 66.2 Å². The molecule has 5 nitrogen and oxygen atoms in total. The highest BCUT2D eigenvalue weighted by Gasteiger charge is 2.35. The second-order valence-electron chi connectivity index (χ2n) is 7.44.